The van der Waals surface area contributed by atoms with Crippen LogP contribution in [-0.2, 0) is 4.79 Å². The first-order valence-electron chi connectivity index (χ1n) is 5.91. The van der Waals surface area contributed by atoms with E-state index in [-0.39, 0.29) is 24.4 Å². The third kappa shape index (κ3) is 2.36. The molecule has 98 valence electrons. The highest BCUT2D eigenvalue weighted by molar-refractivity contribution is 6.06. The van der Waals surface area contributed by atoms with Crippen molar-refractivity contribution in [2.75, 3.05) is 13.2 Å². The molecule has 0 bridgehead atoms. The number of aliphatic hydroxyl groups is 1. The minimum atomic E-state index is -0.994. The summed E-state index contributed by atoms with van der Waals surface area (Å²) in [6, 6.07) is -0.139. The Balaban J connectivity index is 2.93. The number of aliphatic hydroxyl groups excluding tert-OH is 1. The van der Waals surface area contributed by atoms with Gasteiger partial charge in [-0.1, -0.05) is 12.1 Å². The van der Waals surface area contributed by atoms with Gasteiger partial charge in [0.25, 0.3) is 0 Å². The largest absolute Gasteiger partial charge is 0.409 e. The summed E-state index contributed by atoms with van der Waals surface area (Å²) in [5, 5.41) is 20.9. The molecule has 2 atom stereocenters. The fourth-order valence-corrected chi connectivity index (χ4v) is 2.16. The maximum absolute atomic E-state index is 12.4. The lowest BCUT2D eigenvalue weighted by Crippen LogP contribution is -2.51. The van der Waals surface area contributed by atoms with Gasteiger partial charge in [-0.2, -0.15) is 0 Å². The van der Waals surface area contributed by atoms with Gasteiger partial charge in [0.05, 0.1) is 12.6 Å². The van der Waals surface area contributed by atoms with Crippen LogP contribution in [0.5, 0.6) is 0 Å². The number of carbonyl (C=O) groups excluding carboxylic acids is 1. The van der Waals surface area contributed by atoms with Gasteiger partial charge < -0.3 is 20.9 Å². The van der Waals surface area contributed by atoms with E-state index >= 15 is 0 Å². The fourth-order valence-electron chi connectivity index (χ4n) is 2.16. The minimum absolute atomic E-state index is 0.0400. The second-order valence-electron chi connectivity index (χ2n) is 4.65. The van der Waals surface area contributed by atoms with Gasteiger partial charge in [0, 0.05) is 6.54 Å². The topological polar surface area (TPSA) is 99.2 Å². The summed E-state index contributed by atoms with van der Waals surface area (Å²) in [6.07, 6.45) is 2.14. The van der Waals surface area contributed by atoms with Gasteiger partial charge in [-0.3, -0.25) is 4.79 Å². The molecular formula is C11H21N3O3. The quantitative estimate of drug-likeness (QED) is 0.283. The zero-order chi connectivity index (χ0) is 13.1. The molecule has 0 saturated carbocycles. The molecule has 1 saturated heterocycles. The van der Waals surface area contributed by atoms with E-state index < -0.39 is 5.41 Å². The second-order valence-corrected chi connectivity index (χ2v) is 4.65. The van der Waals surface area contributed by atoms with E-state index in [4.69, 9.17) is 10.9 Å². The monoisotopic (exact) mass is 243 g/mol. The number of carbonyl (C=O) groups is 1. The number of hydrogen-bond donors (Lipinski definition) is 3. The highest BCUT2D eigenvalue weighted by Crippen LogP contribution is 2.29. The third-order valence-electron chi connectivity index (χ3n) is 3.70. The van der Waals surface area contributed by atoms with Crippen LogP contribution in [0.1, 0.15) is 33.1 Å². The number of amides is 1. The number of likely N-dealkylation sites (tertiary alicyclic amines) is 1. The lowest BCUT2D eigenvalue weighted by Gasteiger charge is -2.33. The molecule has 6 nitrogen and oxygen atoms in total. The molecule has 0 aliphatic carbocycles. The fraction of sp³-hybridized carbons (Fsp3) is 0.818. The van der Waals surface area contributed by atoms with Gasteiger partial charge in [0.1, 0.15) is 5.41 Å². The van der Waals surface area contributed by atoms with Crippen molar-refractivity contribution in [1.82, 2.24) is 4.90 Å². The maximum Gasteiger partial charge on any atom is 0.236 e. The Morgan fingerprint density at radius 3 is 2.76 bits per heavy atom. The predicted molar refractivity (Wildman–Crippen MR) is 63.6 cm³/mol. The van der Waals surface area contributed by atoms with Crippen molar-refractivity contribution >= 4 is 11.7 Å². The van der Waals surface area contributed by atoms with E-state index in [9.17, 15) is 9.90 Å². The summed E-state index contributed by atoms with van der Waals surface area (Å²) < 4.78 is 0. The summed E-state index contributed by atoms with van der Waals surface area (Å²) in [4.78, 5) is 14.1. The minimum Gasteiger partial charge on any atom is -0.409 e. The molecule has 1 aliphatic rings. The van der Waals surface area contributed by atoms with Gasteiger partial charge in [-0.25, -0.2) is 0 Å². The van der Waals surface area contributed by atoms with Crippen molar-refractivity contribution in [2.24, 2.45) is 16.3 Å². The van der Waals surface area contributed by atoms with E-state index in [0.29, 0.717) is 13.0 Å². The number of rotatable bonds is 4. The molecule has 17 heavy (non-hydrogen) atoms. The van der Waals surface area contributed by atoms with Crippen molar-refractivity contribution in [3.8, 4) is 0 Å². The van der Waals surface area contributed by atoms with E-state index in [2.05, 4.69) is 5.16 Å². The van der Waals surface area contributed by atoms with Crippen molar-refractivity contribution < 1.29 is 15.1 Å². The summed E-state index contributed by atoms with van der Waals surface area (Å²) in [5.74, 6) is -0.250. The number of nitrogens with zero attached hydrogens (tertiary/aromatic N) is 2. The Hall–Kier alpha value is -1.30. The predicted octanol–water partition coefficient (Wildman–Crippen LogP) is 0.132. The van der Waals surface area contributed by atoms with Gasteiger partial charge >= 0.3 is 0 Å². The summed E-state index contributed by atoms with van der Waals surface area (Å²) >= 11 is 0. The lowest BCUT2D eigenvalue weighted by atomic mass is 9.84. The highest BCUT2D eigenvalue weighted by Gasteiger charge is 2.42. The number of amidine groups is 1. The van der Waals surface area contributed by atoms with Crippen LogP contribution in [0.25, 0.3) is 0 Å². The van der Waals surface area contributed by atoms with Gasteiger partial charge in [0.2, 0.25) is 5.91 Å². The Bertz CT molecular complexity index is 319. The third-order valence-corrected chi connectivity index (χ3v) is 3.70. The summed E-state index contributed by atoms with van der Waals surface area (Å²) in [6.45, 7) is 4.07. The molecule has 1 rings (SSSR count). The van der Waals surface area contributed by atoms with Crippen molar-refractivity contribution in [1.29, 1.82) is 0 Å². The van der Waals surface area contributed by atoms with Gasteiger partial charge in [-0.15, -0.1) is 0 Å². The van der Waals surface area contributed by atoms with E-state index in [1.807, 2.05) is 6.92 Å². The number of hydrogen-bond acceptors (Lipinski definition) is 4. The van der Waals surface area contributed by atoms with Crippen LogP contribution in [0, 0.1) is 5.41 Å². The first kappa shape index (κ1) is 13.8. The molecule has 0 spiro atoms. The Morgan fingerprint density at radius 2 is 2.29 bits per heavy atom. The molecule has 0 radical (unpaired) electrons. The normalized spacial score (nSPS) is 24.8. The zero-order valence-electron chi connectivity index (χ0n) is 10.4. The first-order valence-corrected chi connectivity index (χ1v) is 5.91. The molecule has 0 aromatic rings. The average Bonchev–Trinajstić information content (AvgIpc) is 2.83. The second kappa shape index (κ2) is 5.35. The first-order chi connectivity index (χ1) is 8.01. The lowest BCUT2D eigenvalue weighted by molar-refractivity contribution is -0.139. The summed E-state index contributed by atoms with van der Waals surface area (Å²) in [7, 11) is 0. The number of nitrogens with two attached hydrogens (primary N) is 1. The van der Waals surface area contributed by atoms with Crippen molar-refractivity contribution in [3.05, 3.63) is 0 Å². The SMILES string of the molecule is CCC(C)(C(=O)N1CCCC1CO)C(N)=NO. The molecule has 6 heteroatoms. The average molecular weight is 243 g/mol. The van der Waals surface area contributed by atoms with E-state index in [1.54, 1.807) is 11.8 Å². The molecular weight excluding hydrogens is 222 g/mol. The Morgan fingerprint density at radius 1 is 1.65 bits per heavy atom. The smallest absolute Gasteiger partial charge is 0.236 e. The van der Waals surface area contributed by atoms with Crippen LogP contribution in [0.4, 0.5) is 0 Å². The molecule has 1 heterocycles. The molecule has 1 aliphatic heterocycles. The molecule has 0 aromatic carbocycles. The van der Waals surface area contributed by atoms with Crippen molar-refractivity contribution in [3.63, 3.8) is 0 Å². The Labute approximate surface area is 101 Å². The van der Waals surface area contributed by atoms with E-state index in [0.717, 1.165) is 12.8 Å². The van der Waals surface area contributed by atoms with Crippen LogP contribution in [0.15, 0.2) is 5.16 Å². The van der Waals surface area contributed by atoms with Crippen LogP contribution in [-0.4, -0.2) is 46.1 Å². The van der Waals surface area contributed by atoms with Crippen LogP contribution >= 0.6 is 0 Å². The Kier molecular flexibility index (Phi) is 4.34. The number of oxime groups is 1. The highest BCUT2D eigenvalue weighted by atomic mass is 16.4. The van der Waals surface area contributed by atoms with Crippen LogP contribution < -0.4 is 5.73 Å². The molecule has 1 amide bonds. The molecule has 2 unspecified atom stereocenters. The maximum atomic E-state index is 12.4. The van der Waals surface area contributed by atoms with Crippen molar-refractivity contribution in [2.45, 2.75) is 39.2 Å². The van der Waals surface area contributed by atoms with Gasteiger partial charge in [0.15, 0.2) is 5.84 Å². The van der Waals surface area contributed by atoms with Gasteiger partial charge in [-0.05, 0) is 26.2 Å². The summed E-state index contributed by atoms with van der Waals surface area (Å²) in [5.41, 5.74) is 4.61. The molecule has 1 fully saturated rings. The molecule has 4 N–H and O–H groups in total. The van der Waals surface area contributed by atoms with E-state index in [1.165, 1.54) is 0 Å². The molecule has 0 aromatic heterocycles. The van der Waals surface area contributed by atoms with Crippen LogP contribution in [0.2, 0.25) is 0 Å². The standard InChI is InChI=1S/C11H21N3O3/c1-3-11(2,9(12)13-17)10(16)14-6-4-5-8(14)7-15/h8,15,17H,3-7H2,1-2H3,(H2,12,13). The van der Waals surface area contributed by atoms with Crippen LogP contribution in [0.3, 0.4) is 0 Å². The zero-order valence-corrected chi connectivity index (χ0v) is 10.4.